The summed E-state index contributed by atoms with van der Waals surface area (Å²) < 4.78 is 6.73. The van der Waals surface area contributed by atoms with Crippen LogP contribution in [0.4, 0.5) is 0 Å². The van der Waals surface area contributed by atoms with Gasteiger partial charge in [0.25, 0.3) is 0 Å². The summed E-state index contributed by atoms with van der Waals surface area (Å²) in [6.07, 6.45) is 2.45. The molecule has 0 spiro atoms. The van der Waals surface area contributed by atoms with E-state index in [2.05, 4.69) is 26.2 Å². The normalized spacial score (nSPS) is 12.0. The van der Waals surface area contributed by atoms with Gasteiger partial charge in [0.2, 0.25) is 5.91 Å². The van der Waals surface area contributed by atoms with Gasteiger partial charge in [0.05, 0.1) is 12.2 Å². The summed E-state index contributed by atoms with van der Waals surface area (Å²) in [5.74, 6) is 1.19. The van der Waals surface area contributed by atoms with E-state index < -0.39 is 0 Å². The lowest BCUT2D eigenvalue weighted by atomic mass is 10.1. The number of aryl methyl sites for hydroxylation is 1. The Kier molecular flexibility index (Phi) is 6.12. The first-order valence-corrected chi connectivity index (χ1v) is 9.44. The molecule has 4 nitrogen and oxygen atoms in total. The lowest BCUT2D eigenvalue weighted by molar-refractivity contribution is -0.121. The van der Waals surface area contributed by atoms with Crippen molar-refractivity contribution in [1.29, 1.82) is 0 Å². The van der Waals surface area contributed by atoms with Crippen LogP contribution < -0.4 is 5.32 Å². The Morgan fingerprint density at radius 1 is 1.27 bits per heavy atom. The summed E-state index contributed by atoms with van der Waals surface area (Å²) >= 11 is 9.33. The summed E-state index contributed by atoms with van der Waals surface area (Å²) in [6, 6.07) is 15.2. The quantitative estimate of drug-likeness (QED) is 0.553. The van der Waals surface area contributed by atoms with E-state index in [1.54, 1.807) is 6.20 Å². The molecule has 1 amide bonds. The summed E-state index contributed by atoms with van der Waals surface area (Å²) in [7, 11) is 0. The summed E-state index contributed by atoms with van der Waals surface area (Å²) in [4.78, 5) is 16.4. The molecule has 1 atom stereocenters. The van der Waals surface area contributed by atoms with E-state index in [1.807, 2.05) is 55.5 Å². The molecular formula is C20H18BrClN2O2. The minimum Gasteiger partial charge on any atom is -0.441 e. The average Bonchev–Trinajstić information content (AvgIpc) is 3.09. The Morgan fingerprint density at radius 3 is 2.77 bits per heavy atom. The number of oxazole rings is 1. The van der Waals surface area contributed by atoms with Crippen LogP contribution in [0.25, 0.3) is 11.3 Å². The number of nitrogens with zero attached hydrogens (tertiary/aromatic N) is 1. The zero-order valence-corrected chi connectivity index (χ0v) is 16.5. The third-order valence-corrected chi connectivity index (χ3v) is 4.72. The van der Waals surface area contributed by atoms with Crippen LogP contribution in [0.15, 0.2) is 63.6 Å². The third kappa shape index (κ3) is 4.96. The molecule has 2 aromatic carbocycles. The molecule has 6 heteroatoms. The van der Waals surface area contributed by atoms with Crippen molar-refractivity contribution in [3.8, 4) is 11.3 Å². The van der Waals surface area contributed by atoms with Crippen LogP contribution in [0.2, 0.25) is 5.02 Å². The smallest absolute Gasteiger partial charge is 0.220 e. The SMILES string of the molecule is C[C@H](NC(=O)CCc1ncc(-c2cccc(Br)c2)o1)c1ccc(Cl)cc1. The molecule has 26 heavy (non-hydrogen) atoms. The second-order valence-electron chi connectivity index (χ2n) is 5.97. The summed E-state index contributed by atoms with van der Waals surface area (Å²) in [6.45, 7) is 1.94. The van der Waals surface area contributed by atoms with Crippen LogP contribution in [0.3, 0.4) is 0 Å². The Labute approximate surface area is 165 Å². The highest BCUT2D eigenvalue weighted by Gasteiger charge is 2.12. The van der Waals surface area contributed by atoms with E-state index in [-0.39, 0.29) is 11.9 Å². The first-order chi connectivity index (χ1) is 12.5. The predicted molar refractivity (Wildman–Crippen MR) is 106 cm³/mol. The Hall–Kier alpha value is -2.11. The monoisotopic (exact) mass is 432 g/mol. The Morgan fingerprint density at radius 2 is 2.04 bits per heavy atom. The molecule has 3 aromatic rings. The number of halogens is 2. The number of nitrogens with one attached hydrogen (secondary N) is 1. The number of carbonyl (C=O) groups is 1. The second-order valence-corrected chi connectivity index (χ2v) is 7.32. The van der Waals surface area contributed by atoms with Gasteiger partial charge < -0.3 is 9.73 Å². The number of rotatable bonds is 6. The summed E-state index contributed by atoms with van der Waals surface area (Å²) in [5, 5.41) is 3.65. The van der Waals surface area contributed by atoms with Gasteiger partial charge in [-0.1, -0.05) is 51.8 Å². The van der Waals surface area contributed by atoms with Gasteiger partial charge in [-0.3, -0.25) is 4.79 Å². The fraction of sp³-hybridized carbons (Fsp3) is 0.200. The molecule has 0 unspecified atom stereocenters. The van der Waals surface area contributed by atoms with Crippen LogP contribution in [-0.2, 0) is 11.2 Å². The number of carbonyl (C=O) groups excluding carboxylic acids is 1. The van der Waals surface area contributed by atoms with Crippen molar-refractivity contribution in [2.24, 2.45) is 0 Å². The number of hydrogen-bond donors (Lipinski definition) is 1. The van der Waals surface area contributed by atoms with Crippen molar-refractivity contribution < 1.29 is 9.21 Å². The zero-order valence-electron chi connectivity index (χ0n) is 14.2. The first kappa shape index (κ1) is 18.7. The molecule has 1 N–H and O–H groups in total. The van der Waals surface area contributed by atoms with E-state index in [0.717, 1.165) is 15.6 Å². The van der Waals surface area contributed by atoms with E-state index >= 15 is 0 Å². The predicted octanol–water partition coefficient (Wildman–Crippen LogP) is 5.57. The number of benzene rings is 2. The van der Waals surface area contributed by atoms with E-state index in [9.17, 15) is 4.79 Å². The molecular weight excluding hydrogens is 416 g/mol. The van der Waals surface area contributed by atoms with Crippen molar-refractivity contribution in [2.75, 3.05) is 0 Å². The standard InChI is InChI=1S/C20H18BrClN2O2/c1-13(14-5-7-17(22)8-6-14)24-19(25)9-10-20-23-12-18(26-20)15-3-2-4-16(21)11-15/h2-8,11-13H,9-10H2,1H3,(H,24,25)/t13-/m0/s1. The fourth-order valence-electron chi connectivity index (χ4n) is 2.57. The zero-order chi connectivity index (χ0) is 18.5. The van der Waals surface area contributed by atoms with Crippen LogP contribution in [0.5, 0.6) is 0 Å². The largest absolute Gasteiger partial charge is 0.441 e. The molecule has 0 aliphatic rings. The maximum atomic E-state index is 12.2. The highest BCUT2D eigenvalue weighted by Crippen LogP contribution is 2.24. The van der Waals surface area contributed by atoms with E-state index in [0.29, 0.717) is 29.5 Å². The second kappa shape index (κ2) is 8.52. The Balaban J connectivity index is 1.54. The molecule has 0 bridgehead atoms. The van der Waals surface area contributed by atoms with Crippen LogP contribution >= 0.6 is 27.5 Å². The molecule has 134 valence electrons. The van der Waals surface area contributed by atoms with Crippen molar-refractivity contribution in [2.45, 2.75) is 25.8 Å². The van der Waals surface area contributed by atoms with Gasteiger partial charge in [0.15, 0.2) is 11.7 Å². The molecule has 1 aromatic heterocycles. The van der Waals surface area contributed by atoms with E-state index in [4.69, 9.17) is 16.0 Å². The van der Waals surface area contributed by atoms with E-state index in [1.165, 1.54) is 0 Å². The van der Waals surface area contributed by atoms with Crippen molar-refractivity contribution in [3.05, 3.63) is 75.7 Å². The molecule has 0 saturated heterocycles. The van der Waals surface area contributed by atoms with Gasteiger partial charge in [-0.15, -0.1) is 0 Å². The average molecular weight is 434 g/mol. The highest BCUT2D eigenvalue weighted by atomic mass is 79.9. The molecule has 0 aliphatic heterocycles. The molecule has 3 rings (SSSR count). The lowest BCUT2D eigenvalue weighted by Crippen LogP contribution is -2.26. The minimum atomic E-state index is -0.0819. The van der Waals surface area contributed by atoms with Gasteiger partial charge >= 0.3 is 0 Å². The lowest BCUT2D eigenvalue weighted by Gasteiger charge is -2.14. The van der Waals surface area contributed by atoms with Crippen LogP contribution in [0.1, 0.15) is 30.8 Å². The fourth-order valence-corrected chi connectivity index (χ4v) is 3.10. The molecule has 1 heterocycles. The number of amides is 1. The number of hydrogen-bond acceptors (Lipinski definition) is 3. The summed E-state index contributed by atoms with van der Waals surface area (Å²) in [5.41, 5.74) is 1.95. The first-order valence-electron chi connectivity index (χ1n) is 8.27. The number of aromatic nitrogens is 1. The topological polar surface area (TPSA) is 55.1 Å². The minimum absolute atomic E-state index is 0.0466. The highest BCUT2D eigenvalue weighted by molar-refractivity contribution is 9.10. The van der Waals surface area contributed by atoms with Crippen molar-refractivity contribution in [1.82, 2.24) is 10.3 Å². The van der Waals surface area contributed by atoms with Crippen molar-refractivity contribution in [3.63, 3.8) is 0 Å². The molecule has 0 fully saturated rings. The van der Waals surface area contributed by atoms with Crippen LogP contribution in [0, 0.1) is 0 Å². The third-order valence-electron chi connectivity index (χ3n) is 3.98. The maximum Gasteiger partial charge on any atom is 0.220 e. The van der Waals surface area contributed by atoms with Gasteiger partial charge in [-0.25, -0.2) is 4.98 Å². The molecule has 0 radical (unpaired) electrons. The van der Waals surface area contributed by atoms with Crippen molar-refractivity contribution >= 4 is 33.4 Å². The molecule has 0 saturated carbocycles. The maximum absolute atomic E-state index is 12.2. The van der Waals surface area contributed by atoms with Gasteiger partial charge in [0.1, 0.15) is 0 Å². The molecule has 0 aliphatic carbocycles. The Bertz CT molecular complexity index is 893. The van der Waals surface area contributed by atoms with Gasteiger partial charge in [0, 0.05) is 27.9 Å². The van der Waals surface area contributed by atoms with Gasteiger partial charge in [-0.05, 0) is 36.8 Å². The van der Waals surface area contributed by atoms with Gasteiger partial charge in [-0.2, -0.15) is 0 Å². The van der Waals surface area contributed by atoms with Crippen LogP contribution in [-0.4, -0.2) is 10.9 Å².